The van der Waals surface area contributed by atoms with Crippen molar-refractivity contribution >= 4 is 10.9 Å². The average Bonchev–Trinajstić information content (AvgIpc) is 2.78. The molecule has 2 nitrogen and oxygen atoms in total. The molecule has 2 N–H and O–H groups in total. The molecule has 0 saturated carbocycles. The third-order valence-corrected chi connectivity index (χ3v) is 5.98. The molecule has 1 aromatic rings. The van der Waals surface area contributed by atoms with E-state index < -0.39 is 0 Å². The molecule has 0 aliphatic carbocycles. The highest BCUT2D eigenvalue weighted by Gasteiger charge is 2.36. The van der Waals surface area contributed by atoms with E-state index >= 15 is 0 Å². The number of hydrogen-bond donors (Lipinski definition) is 2. The van der Waals surface area contributed by atoms with Gasteiger partial charge in [0.25, 0.3) is 0 Å². The summed E-state index contributed by atoms with van der Waals surface area (Å²) in [6.45, 7) is 2.23. The standard InChI is InChI=1S/C14H20O2S/c1-2-3-4-11-7-8-17(10-11)14-9-12(15)5-6-13(14)16/h5-6,9,11H,2-4,7-8,10H2,1H3,(H-,15,16)/p+1. The molecule has 3 heteroatoms. The van der Waals surface area contributed by atoms with Crippen molar-refractivity contribution in [2.45, 2.75) is 37.5 Å². The summed E-state index contributed by atoms with van der Waals surface area (Å²) in [5.74, 6) is 3.80. The Labute approximate surface area is 106 Å². The second-order valence-corrected chi connectivity index (χ2v) is 6.98. The number of hydrogen-bond acceptors (Lipinski definition) is 2. The third-order valence-electron chi connectivity index (χ3n) is 3.43. The van der Waals surface area contributed by atoms with Crippen molar-refractivity contribution in [2.24, 2.45) is 5.92 Å². The molecular formula is C14H21O2S+. The van der Waals surface area contributed by atoms with Gasteiger partial charge in [-0.25, -0.2) is 0 Å². The highest BCUT2D eigenvalue weighted by atomic mass is 32.2. The fraction of sp³-hybridized carbons (Fsp3) is 0.571. The molecule has 0 bridgehead atoms. The van der Waals surface area contributed by atoms with Crippen molar-refractivity contribution in [3.63, 3.8) is 0 Å². The van der Waals surface area contributed by atoms with Gasteiger partial charge in [0.2, 0.25) is 0 Å². The van der Waals surface area contributed by atoms with Crippen molar-refractivity contribution in [1.29, 1.82) is 0 Å². The molecule has 1 heterocycles. The van der Waals surface area contributed by atoms with Crippen molar-refractivity contribution in [2.75, 3.05) is 11.5 Å². The quantitative estimate of drug-likeness (QED) is 0.638. The van der Waals surface area contributed by atoms with Crippen molar-refractivity contribution < 1.29 is 10.2 Å². The van der Waals surface area contributed by atoms with Crippen molar-refractivity contribution in [1.82, 2.24) is 0 Å². The molecule has 1 aliphatic rings. The number of phenolic OH excluding ortho intramolecular Hbond substituents is 2. The van der Waals surface area contributed by atoms with Gasteiger partial charge in [-0.3, -0.25) is 0 Å². The largest absolute Gasteiger partial charge is 0.508 e. The smallest absolute Gasteiger partial charge is 0.200 e. The van der Waals surface area contributed by atoms with Gasteiger partial charge in [-0.05, 0) is 25.0 Å². The Hall–Kier alpha value is -0.830. The van der Waals surface area contributed by atoms with E-state index in [1.165, 1.54) is 37.2 Å². The molecular weight excluding hydrogens is 232 g/mol. The van der Waals surface area contributed by atoms with Gasteiger partial charge in [-0.2, -0.15) is 0 Å². The number of rotatable bonds is 4. The zero-order valence-electron chi connectivity index (χ0n) is 10.4. The van der Waals surface area contributed by atoms with Crippen LogP contribution in [0.15, 0.2) is 23.1 Å². The normalized spacial score (nSPS) is 24.1. The second-order valence-electron chi connectivity index (χ2n) is 4.81. The van der Waals surface area contributed by atoms with E-state index in [9.17, 15) is 10.2 Å². The molecule has 17 heavy (non-hydrogen) atoms. The summed E-state index contributed by atoms with van der Waals surface area (Å²) < 4.78 is 0. The van der Waals surface area contributed by atoms with Crippen molar-refractivity contribution in [3.8, 4) is 11.5 Å². The van der Waals surface area contributed by atoms with Gasteiger partial charge in [0.05, 0.1) is 0 Å². The van der Waals surface area contributed by atoms with Crippen LogP contribution in [0.4, 0.5) is 0 Å². The maximum absolute atomic E-state index is 9.85. The van der Waals surface area contributed by atoms with E-state index in [1.54, 1.807) is 18.2 Å². The van der Waals surface area contributed by atoms with Crippen LogP contribution in [0.2, 0.25) is 0 Å². The van der Waals surface area contributed by atoms with E-state index in [2.05, 4.69) is 6.92 Å². The highest BCUT2D eigenvalue weighted by Crippen LogP contribution is 2.36. The predicted molar refractivity (Wildman–Crippen MR) is 72.8 cm³/mol. The summed E-state index contributed by atoms with van der Waals surface area (Å²) >= 11 is 0. The minimum absolute atomic E-state index is 0.144. The highest BCUT2D eigenvalue weighted by molar-refractivity contribution is 7.97. The average molecular weight is 253 g/mol. The van der Waals surface area contributed by atoms with Gasteiger partial charge in [0.1, 0.15) is 17.3 Å². The zero-order chi connectivity index (χ0) is 12.3. The number of phenols is 2. The molecule has 1 saturated heterocycles. The molecule has 2 rings (SSSR count). The minimum atomic E-state index is 0.144. The topological polar surface area (TPSA) is 40.5 Å². The molecule has 2 unspecified atom stereocenters. The number of benzene rings is 1. The Kier molecular flexibility index (Phi) is 4.21. The van der Waals surface area contributed by atoms with Crippen molar-refractivity contribution in [3.05, 3.63) is 18.2 Å². The SMILES string of the molecule is CCCCC1CC[S+](c2cc(O)ccc2O)C1. The summed E-state index contributed by atoms with van der Waals surface area (Å²) in [4.78, 5) is 0.962. The van der Waals surface area contributed by atoms with Crippen LogP contribution in [-0.2, 0) is 10.9 Å². The Morgan fingerprint density at radius 2 is 2.18 bits per heavy atom. The summed E-state index contributed by atoms with van der Waals surface area (Å²) in [5, 5.41) is 19.4. The number of unbranched alkanes of at least 4 members (excludes halogenated alkanes) is 1. The van der Waals surface area contributed by atoms with Gasteiger partial charge in [0.15, 0.2) is 10.6 Å². The second kappa shape index (κ2) is 5.67. The van der Waals surface area contributed by atoms with Crippen LogP contribution in [0.25, 0.3) is 0 Å². The summed E-state index contributed by atoms with van der Waals surface area (Å²) in [5.41, 5.74) is 0. The van der Waals surface area contributed by atoms with Crippen LogP contribution in [0.5, 0.6) is 11.5 Å². The molecule has 1 fully saturated rings. The Bertz CT molecular complexity index is 378. The monoisotopic (exact) mass is 253 g/mol. The predicted octanol–water partition coefficient (Wildman–Crippen LogP) is 3.29. The molecule has 0 radical (unpaired) electrons. The van der Waals surface area contributed by atoms with Crippen LogP contribution in [-0.4, -0.2) is 21.7 Å². The molecule has 0 amide bonds. The van der Waals surface area contributed by atoms with E-state index in [1.807, 2.05) is 0 Å². The minimum Gasteiger partial charge on any atom is -0.508 e. The van der Waals surface area contributed by atoms with Crippen LogP contribution in [0.1, 0.15) is 32.6 Å². The molecule has 0 spiro atoms. The Morgan fingerprint density at radius 1 is 1.35 bits per heavy atom. The first-order valence-corrected chi connectivity index (χ1v) is 7.96. The lowest BCUT2D eigenvalue weighted by atomic mass is 10.0. The van der Waals surface area contributed by atoms with E-state index in [0.29, 0.717) is 5.75 Å². The first-order valence-electron chi connectivity index (χ1n) is 6.40. The van der Waals surface area contributed by atoms with E-state index in [4.69, 9.17) is 0 Å². The summed E-state index contributed by atoms with van der Waals surface area (Å²) in [6.07, 6.45) is 5.17. The maximum atomic E-state index is 9.85. The Balaban J connectivity index is 2.02. The fourth-order valence-corrected chi connectivity index (χ4v) is 5.15. The molecule has 2 atom stereocenters. The van der Waals surface area contributed by atoms with Crippen LogP contribution in [0.3, 0.4) is 0 Å². The van der Waals surface area contributed by atoms with Crippen LogP contribution >= 0.6 is 0 Å². The lowest BCUT2D eigenvalue weighted by Crippen LogP contribution is -2.07. The fourth-order valence-electron chi connectivity index (χ4n) is 2.41. The molecule has 1 aromatic carbocycles. The van der Waals surface area contributed by atoms with Gasteiger partial charge < -0.3 is 10.2 Å². The van der Waals surface area contributed by atoms with Gasteiger partial charge in [-0.15, -0.1) is 0 Å². The Morgan fingerprint density at radius 3 is 2.94 bits per heavy atom. The third kappa shape index (κ3) is 3.09. The van der Waals surface area contributed by atoms with E-state index in [-0.39, 0.29) is 16.6 Å². The lowest BCUT2D eigenvalue weighted by Gasteiger charge is -2.05. The van der Waals surface area contributed by atoms with Crippen LogP contribution in [0, 0.1) is 5.92 Å². The number of aromatic hydroxyl groups is 2. The lowest BCUT2D eigenvalue weighted by molar-refractivity contribution is 0.448. The molecule has 1 aliphatic heterocycles. The van der Waals surface area contributed by atoms with Gasteiger partial charge >= 0.3 is 0 Å². The first-order chi connectivity index (χ1) is 8.20. The van der Waals surface area contributed by atoms with Gasteiger partial charge in [0, 0.05) is 22.9 Å². The first kappa shape index (κ1) is 12.6. The zero-order valence-corrected chi connectivity index (χ0v) is 11.2. The maximum Gasteiger partial charge on any atom is 0.200 e. The summed E-state index contributed by atoms with van der Waals surface area (Å²) in [7, 11) is 0.144. The van der Waals surface area contributed by atoms with Gasteiger partial charge in [-0.1, -0.05) is 19.8 Å². The molecule has 94 valence electrons. The molecule has 0 aromatic heterocycles. The van der Waals surface area contributed by atoms with E-state index in [0.717, 1.165) is 10.8 Å². The summed E-state index contributed by atoms with van der Waals surface area (Å²) in [6, 6.07) is 4.89. The van der Waals surface area contributed by atoms with Crippen LogP contribution < -0.4 is 0 Å².